The summed E-state index contributed by atoms with van der Waals surface area (Å²) in [7, 11) is 0. The van der Waals surface area contributed by atoms with Crippen LogP contribution in [-0.4, -0.2) is 9.91 Å². The van der Waals surface area contributed by atoms with Crippen molar-refractivity contribution in [2.75, 3.05) is 0 Å². The lowest BCUT2D eigenvalue weighted by atomic mass is 9.97. The number of rotatable bonds is 3. The normalized spacial score (nSPS) is 10.3. The Morgan fingerprint density at radius 1 is 1.04 bits per heavy atom. The van der Waals surface area contributed by atoms with Gasteiger partial charge < -0.3 is 4.98 Å². The number of nitro groups is 1. The molecule has 6 nitrogen and oxygen atoms in total. The quantitative estimate of drug-likeness (QED) is 0.570. The van der Waals surface area contributed by atoms with E-state index in [2.05, 4.69) is 4.98 Å². The number of H-pyrrole nitrogens is 1. The molecule has 0 aliphatic heterocycles. The molecule has 128 valence electrons. The maximum atomic E-state index is 12.4. The van der Waals surface area contributed by atoms with Crippen molar-refractivity contribution in [2.45, 2.75) is 13.8 Å². The third kappa shape index (κ3) is 3.10. The Kier molecular flexibility index (Phi) is 4.38. The number of nitriles is 1. The van der Waals surface area contributed by atoms with E-state index in [1.54, 1.807) is 18.2 Å². The summed E-state index contributed by atoms with van der Waals surface area (Å²) >= 11 is 0. The van der Waals surface area contributed by atoms with E-state index in [1.807, 2.05) is 38.1 Å². The van der Waals surface area contributed by atoms with Gasteiger partial charge in [0.25, 0.3) is 11.2 Å². The van der Waals surface area contributed by atoms with E-state index in [1.165, 1.54) is 12.1 Å². The molecule has 0 fully saturated rings. The first-order chi connectivity index (χ1) is 12.4. The van der Waals surface area contributed by atoms with Crippen molar-refractivity contribution in [3.63, 3.8) is 0 Å². The minimum atomic E-state index is -0.492. The number of nitrogens with one attached hydrogen (secondary N) is 1. The minimum absolute atomic E-state index is 0.0210. The van der Waals surface area contributed by atoms with Gasteiger partial charge in [-0.2, -0.15) is 5.26 Å². The fraction of sp³-hybridized carbons (Fsp3) is 0.100. The van der Waals surface area contributed by atoms with E-state index >= 15 is 0 Å². The van der Waals surface area contributed by atoms with Gasteiger partial charge in [-0.1, -0.05) is 23.8 Å². The molecule has 0 saturated heterocycles. The fourth-order valence-corrected chi connectivity index (χ4v) is 2.92. The number of aromatic amines is 1. The smallest absolute Gasteiger partial charge is 0.269 e. The average Bonchev–Trinajstić information content (AvgIpc) is 2.61. The second kappa shape index (κ2) is 6.65. The summed E-state index contributed by atoms with van der Waals surface area (Å²) in [5.74, 6) is 0. The lowest BCUT2D eigenvalue weighted by Crippen LogP contribution is -2.13. The zero-order valence-electron chi connectivity index (χ0n) is 14.2. The van der Waals surface area contributed by atoms with Gasteiger partial charge in [0.05, 0.1) is 4.92 Å². The van der Waals surface area contributed by atoms with Crippen LogP contribution in [0.2, 0.25) is 0 Å². The predicted octanol–water partition coefficient (Wildman–Crippen LogP) is 4.11. The fourth-order valence-electron chi connectivity index (χ4n) is 2.92. The van der Waals surface area contributed by atoms with Crippen LogP contribution in [0.5, 0.6) is 0 Å². The van der Waals surface area contributed by atoms with Crippen molar-refractivity contribution in [3.05, 3.63) is 85.7 Å². The third-order valence-corrected chi connectivity index (χ3v) is 4.21. The van der Waals surface area contributed by atoms with Crippen LogP contribution in [0, 0.1) is 35.3 Å². The van der Waals surface area contributed by atoms with Crippen LogP contribution in [0.3, 0.4) is 0 Å². The number of hydrogen-bond acceptors (Lipinski definition) is 4. The van der Waals surface area contributed by atoms with Gasteiger partial charge in [-0.3, -0.25) is 14.9 Å². The van der Waals surface area contributed by atoms with Crippen LogP contribution in [0.15, 0.2) is 53.3 Å². The summed E-state index contributed by atoms with van der Waals surface area (Å²) < 4.78 is 0. The Bertz CT molecular complexity index is 1110. The lowest BCUT2D eigenvalue weighted by molar-refractivity contribution is -0.384. The number of nitro benzene ring substituents is 1. The first kappa shape index (κ1) is 17.1. The van der Waals surface area contributed by atoms with E-state index in [-0.39, 0.29) is 11.3 Å². The maximum Gasteiger partial charge on any atom is 0.269 e. The van der Waals surface area contributed by atoms with Crippen LogP contribution >= 0.6 is 0 Å². The standard InChI is InChI=1S/C20H15N3O3/c1-12-3-8-16(13(2)9-12)19-10-17(18(11-21)20(24)22-19)14-4-6-15(7-5-14)23(25)26/h3-10H,1-2H3,(H,22,24). The van der Waals surface area contributed by atoms with Gasteiger partial charge in [0.1, 0.15) is 11.6 Å². The Labute approximate surface area is 149 Å². The lowest BCUT2D eigenvalue weighted by Gasteiger charge is -2.10. The van der Waals surface area contributed by atoms with Crippen LogP contribution < -0.4 is 5.56 Å². The Morgan fingerprint density at radius 3 is 2.31 bits per heavy atom. The van der Waals surface area contributed by atoms with E-state index in [0.29, 0.717) is 16.8 Å². The molecule has 0 saturated carbocycles. The molecule has 3 aromatic rings. The van der Waals surface area contributed by atoms with Crippen molar-refractivity contribution in [2.24, 2.45) is 0 Å². The highest BCUT2D eigenvalue weighted by atomic mass is 16.6. The van der Waals surface area contributed by atoms with Crippen molar-refractivity contribution in [1.29, 1.82) is 5.26 Å². The first-order valence-corrected chi connectivity index (χ1v) is 7.90. The molecule has 0 radical (unpaired) electrons. The van der Waals surface area contributed by atoms with Crippen molar-refractivity contribution < 1.29 is 4.92 Å². The largest absolute Gasteiger partial charge is 0.321 e. The zero-order valence-corrected chi connectivity index (χ0v) is 14.2. The molecule has 2 aromatic carbocycles. The average molecular weight is 345 g/mol. The van der Waals surface area contributed by atoms with E-state index in [9.17, 15) is 20.2 Å². The Balaban J connectivity index is 2.21. The number of benzene rings is 2. The van der Waals surface area contributed by atoms with E-state index < -0.39 is 10.5 Å². The SMILES string of the molecule is Cc1ccc(-c2cc(-c3ccc([N+](=O)[O-])cc3)c(C#N)c(=O)[nH]2)c(C)c1. The monoisotopic (exact) mass is 345 g/mol. The maximum absolute atomic E-state index is 12.4. The first-order valence-electron chi connectivity index (χ1n) is 7.90. The Hall–Kier alpha value is -3.72. The third-order valence-electron chi connectivity index (χ3n) is 4.21. The number of hydrogen-bond donors (Lipinski definition) is 1. The molecule has 0 amide bonds. The number of nitrogens with zero attached hydrogens (tertiary/aromatic N) is 2. The predicted molar refractivity (Wildman–Crippen MR) is 98.8 cm³/mol. The highest BCUT2D eigenvalue weighted by molar-refractivity contribution is 5.76. The number of aromatic nitrogens is 1. The number of aryl methyl sites for hydroxylation is 2. The molecular weight excluding hydrogens is 330 g/mol. The zero-order chi connectivity index (χ0) is 18.8. The van der Waals surface area contributed by atoms with Gasteiger partial charge in [0.2, 0.25) is 0 Å². The molecule has 6 heteroatoms. The van der Waals surface area contributed by atoms with Crippen molar-refractivity contribution in [1.82, 2.24) is 4.98 Å². The van der Waals surface area contributed by atoms with Gasteiger partial charge in [-0.25, -0.2) is 0 Å². The van der Waals surface area contributed by atoms with E-state index in [0.717, 1.165) is 16.7 Å². The molecule has 0 unspecified atom stereocenters. The van der Waals surface area contributed by atoms with E-state index in [4.69, 9.17) is 0 Å². The highest BCUT2D eigenvalue weighted by Crippen LogP contribution is 2.29. The number of pyridine rings is 1. The summed E-state index contributed by atoms with van der Waals surface area (Å²) in [5, 5.41) is 20.2. The topological polar surface area (TPSA) is 99.8 Å². The molecular formula is C20H15N3O3. The van der Waals surface area contributed by atoms with Gasteiger partial charge in [-0.15, -0.1) is 0 Å². The Morgan fingerprint density at radius 2 is 1.73 bits per heavy atom. The van der Waals surface area contributed by atoms with Crippen LogP contribution in [0.4, 0.5) is 5.69 Å². The number of non-ortho nitro benzene ring substituents is 1. The molecule has 0 spiro atoms. The molecule has 0 aliphatic carbocycles. The van der Waals surface area contributed by atoms with Crippen molar-refractivity contribution >= 4 is 5.69 Å². The molecule has 1 aromatic heterocycles. The molecule has 1 heterocycles. The molecule has 0 atom stereocenters. The van der Waals surface area contributed by atoms with Gasteiger partial charge >= 0.3 is 0 Å². The van der Waals surface area contributed by atoms with Crippen LogP contribution in [0.25, 0.3) is 22.4 Å². The second-order valence-electron chi connectivity index (χ2n) is 6.03. The second-order valence-corrected chi connectivity index (χ2v) is 6.03. The molecule has 26 heavy (non-hydrogen) atoms. The summed E-state index contributed by atoms with van der Waals surface area (Å²) in [6.07, 6.45) is 0. The molecule has 3 rings (SSSR count). The summed E-state index contributed by atoms with van der Waals surface area (Å²) in [4.78, 5) is 25.5. The molecule has 0 aliphatic rings. The van der Waals surface area contributed by atoms with Gasteiger partial charge in [0, 0.05) is 29.0 Å². The highest BCUT2D eigenvalue weighted by Gasteiger charge is 2.14. The molecule has 1 N–H and O–H groups in total. The van der Waals surface area contributed by atoms with Gasteiger partial charge in [-0.05, 0) is 43.2 Å². The van der Waals surface area contributed by atoms with Crippen LogP contribution in [0.1, 0.15) is 16.7 Å². The summed E-state index contributed by atoms with van der Waals surface area (Å²) in [5.41, 5.74) is 4.03. The minimum Gasteiger partial charge on any atom is -0.321 e. The van der Waals surface area contributed by atoms with Gasteiger partial charge in [0.15, 0.2) is 0 Å². The summed E-state index contributed by atoms with van der Waals surface area (Å²) in [6.45, 7) is 3.94. The molecule has 0 bridgehead atoms. The van der Waals surface area contributed by atoms with Crippen LogP contribution in [-0.2, 0) is 0 Å². The summed E-state index contributed by atoms with van der Waals surface area (Å²) in [6, 6.07) is 15.3. The van der Waals surface area contributed by atoms with Crippen molar-refractivity contribution in [3.8, 4) is 28.5 Å².